The third-order valence-electron chi connectivity index (χ3n) is 4.67. The van der Waals surface area contributed by atoms with Gasteiger partial charge in [0, 0.05) is 0 Å². The highest BCUT2D eigenvalue weighted by molar-refractivity contribution is 6.00. The van der Waals surface area contributed by atoms with Crippen LogP contribution >= 0.6 is 0 Å². The molecule has 0 unspecified atom stereocenters. The molecular formula is C25H33NO3. The Bertz CT molecular complexity index is 817. The first-order valence-electron chi connectivity index (χ1n) is 10.3. The van der Waals surface area contributed by atoms with Gasteiger partial charge in [-0.25, -0.2) is 0 Å². The average Bonchev–Trinajstić information content (AvgIpc) is 2.71. The molecule has 0 spiro atoms. The molecule has 2 aromatic rings. The minimum atomic E-state index is 0.587. The molecule has 0 aliphatic rings. The second kappa shape index (κ2) is 11.9. The van der Waals surface area contributed by atoms with Crippen LogP contribution in [0.3, 0.4) is 0 Å². The van der Waals surface area contributed by atoms with Gasteiger partial charge in [-0.2, -0.15) is 0 Å². The predicted molar refractivity (Wildman–Crippen MR) is 120 cm³/mol. The van der Waals surface area contributed by atoms with E-state index in [0.717, 1.165) is 53.2 Å². The first-order chi connectivity index (χ1) is 14.1. The largest absolute Gasteiger partial charge is 0.493 e. The molecule has 0 aromatic heterocycles. The zero-order valence-corrected chi connectivity index (χ0v) is 18.3. The summed E-state index contributed by atoms with van der Waals surface area (Å²) < 4.78 is 11.8. The Labute approximate surface area is 175 Å². The molecular weight excluding hydrogens is 362 g/mol. The van der Waals surface area contributed by atoms with E-state index in [1.807, 2.05) is 31.2 Å². The van der Waals surface area contributed by atoms with Gasteiger partial charge in [0.25, 0.3) is 0 Å². The Morgan fingerprint density at radius 1 is 1.07 bits per heavy atom. The van der Waals surface area contributed by atoms with Gasteiger partial charge >= 0.3 is 0 Å². The fraction of sp³-hybridized carbons (Fsp3) is 0.400. The first kappa shape index (κ1) is 22.5. The number of hydrogen-bond donors (Lipinski definition) is 0. The molecule has 0 fully saturated rings. The van der Waals surface area contributed by atoms with Gasteiger partial charge in [-0.05, 0) is 80.5 Å². The van der Waals surface area contributed by atoms with Crippen molar-refractivity contribution in [3.8, 4) is 11.5 Å². The summed E-state index contributed by atoms with van der Waals surface area (Å²) >= 11 is 0. The lowest BCUT2D eigenvalue weighted by molar-refractivity contribution is 0.213. The van der Waals surface area contributed by atoms with Crippen molar-refractivity contribution in [2.75, 3.05) is 20.3 Å². The summed E-state index contributed by atoms with van der Waals surface area (Å²) in [6.07, 6.45) is 6.73. The van der Waals surface area contributed by atoms with Gasteiger partial charge in [-0.1, -0.05) is 42.4 Å². The van der Waals surface area contributed by atoms with Gasteiger partial charge in [0.2, 0.25) is 0 Å². The molecule has 156 valence electrons. The van der Waals surface area contributed by atoms with Crippen molar-refractivity contribution in [2.45, 2.75) is 47.0 Å². The van der Waals surface area contributed by atoms with Crippen molar-refractivity contribution in [3.05, 3.63) is 70.8 Å². The van der Waals surface area contributed by atoms with E-state index in [4.69, 9.17) is 14.3 Å². The van der Waals surface area contributed by atoms with Crippen LogP contribution in [0.15, 0.2) is 53.7 Å². The Kier molecular flexibility index (Phi) is 9.29. The monoisotopic (exact) mass is 395 g/mol. The molecule has 0 aliphatic carbocycles. The van der Waals surface area contributed by atoms with Gasteiger partial charge in [0.05, 0.1) is 12.3 Å². The summed E-state index contributed by atoms with van der Waals surface area (Å²) in [5.41, 5.74) is 5.57. The zero-order valence-electron chi connectivity index (χ0n) is 18.3. The summed E-state index contributed by atoms with van der Waals surface area (Å²) in [5, 5.41) is 4.12. The summed E-state index contributed by atoms with van der Waals surface area (Å²) in [4.78, 5) is 4.95. The van der Waals surface area contributed by atoms with Crippen LogP contribution in [0.4, 0.5) is 0 Å². The summed E-state index contributed by atoms with van der Waals surface area (Å²) in [6.45, 7) is 9.47. The normalized spacial score (nSPS) is 11.7. The van der Waals surface area contributed by atoms with E-state index < -0.39 is 0 Å². The fourth-order valence-electron chi connectivity index (χ4n) is 3.25. The van der Waals surface area contributed by atoms with Gasteiger partial charge in [0.1, 0.15) is 25.2 Å². The van der Waals surface area contributed by atoms with E-state index in [1.54, 1.807) is 7.11 Å². The van der Waals surface area contributed by atoms with E-state index in [1.165, 1.54) is 5.56 Å². The quantitative estimate of drug-likeness (QED) is 0.202. The average molecular weight is 396 g/mol. The summed E-state index contributed by atoms with van der Waals surface area (Å²) in [6, 6.07) is 12.6. The molecule has 4 nitrogen and oxygen atoms in total. The van der Waals surface area contributed by atoms with Crippen LogP contribution < -0.4 is 9.47 Å². The number of hydrogen-bond acceptors (Lipinski definition) is 4. The highest BCUT2D eigenvalue weighted by Crippen LogP contribution is 2.28. The van der Waals surface area contributed by atoms with Crippen LogP contribution in [0.2, 0.25) is 0 Å². The molecule has 0 saturated carbocycles. The SMILES string of the molecule is C/C=C/COc1cc(C)c(OCCCc2cccc(/C(CC)=N/OC)c2)c(C)c1. The van der Waals surface area contributed by atoms with E-state index in [2.05, 4.69) is 50.2 Å². The molecule has 0 radical (unpaired) electrons. The minimum Gasteiger partial charge on any atom is -0.493 e. The zero-order chi connectivity index (χ0) is 21.1. The summed E-state index contributed by atoms with van der Waals surface area (Å²) in [5.74, 6) is 1.84. The van der Waals surface area contributed by atoms with Gasteiger partial charge in [-0.3, -0.25) is 0 Å². The number of aryl methyl sites for hydroxylation is 3. The maximum absolute atomic E-state index is 6.09. The van der Waals surface area contributed by atoms with E-state index in [0.29, 0.717) is 13.2 Å². The Hall–Kier alpha value is -2.75. The number of nitrogens with zero attached hydrogens (tertiary/aromatic N) is 1. The molecule has 0 saturated heterocycles. The topological polar surface area (TPSA) is 40.0 Å². The number of ether oxygens (including phenoxy) is 2. The number of oxime groups is 1. The first-order valence-corrected chi connectivity index (χ1v) is 10.3. The van der Waals surface area contributed by atoms with E-state index in [9.17, 15) is 0 Å². The number of rotatable bonds is 11. The molecule has 4 heteroatoms. The summed E-state index contributed by atoms with van der Waals surface area (Å²) in [7, 11) is 1.59. The van der Waals surface area contributed by atoms with Gasteiger partial charge in [0.15, 0.2) is 0 Å². The van der Waals surface area contributed by atoms with Crippen molar-refractivity contribution in [1.82, 2.24) is 0 Å². The predicted octanol–water partition coefficient (Wildman–Crippen LogP) is 6.03. The minimum absolute atomic E-state index is 0.587. The Morgan fingerprint density at radius 2 is 1.83 bits per heavy atom. The Morgan fingerprint density at radius 3 is 2.48 bits per heavy atom. The van der Waals surface area contributed by atoms with Crippen molar-refractivity contribution < 1.29 is 14.3 Å². The van der Waals surface area contributed by atoms with Crippen LogP contribution in [-0.4, -0.2) is 26.0 Å². The lowest BCUT2D eigenvalue weighted by Crippen LogP contribution is -2.04. The second-order valence-electron chi connectivity index (χ2n) is 6.99. The van der Waals surface area contributed by atoms with Crippen LogP contribution in [0.25, 0.3) is 0 Å². The van der Waals surface area contributed by atoms with Crippen LogP contribution in [0, 0.1) is 13.8 Å². The van der Waals surface area contributed by atoms with E-state index >= 15 is 0 Å². The molecule has 0 bridgehead atoms. The lowest BCUT2D eigenvalue weighted by Gasteiger charge is -2.14. The highest BCUT2D eigenvalue weighted by atomic mass is 16.6. The van der Waals surface area contributed by atoms with E-state index in [-0.39, 0.29) is 0 Å². The lowest BCUT2D eigenvalue weighted by atomic mass is 10.0. The molecule has 0 N–H and O–H groups in total. The molecule has 2 rings (SSSR count). The standard InChI is InChI=1S/C25H33NO3/c1-6-8-14-28-23-16-19(3)25(20(4)17-23)29-15-10-12-21-11-9-13-22(18-21)24(7-2)26-27-5/h6,8-9,11,13,16-18H,7,10,12,14-15H2,1-5H3/b8-6+,26-24+. The smallest absolute Gasteiger partial charge is 0.125 e. The third kappa shape index (κ3) is 6.97. The molecule has 0 atom stereocenters. The number of benzene rings is 2. The number of allylic oxidation sites excluding steroid dienone is 1. The molecule has 0 amide bonds. The Balaban J connectivity index is 1.91. The van der Waals surface area contributed by atoms with Gasteiger partial charge < -0.3 is 14.3 Å². The molecule has 2 aromatic carbocycles. The third-order valence-corrected chi connectivity index (χ3v) is 4.67. The van der Waals surface area contributed by atoms with Crippen molar-refractivity contribution in [1.29, 1.82) is 0 Å². The second-order valence-corrected chi connectivity index (χ2v) is 6.99. The maximum atomic E-state index is 6.09. The maximum Gasteiger partial charge on any atom is 0.125 e. The molecule has 29 heavy (non-hydrogen) atoms. The molecule has 0 heterocycles. The van der Waals surface area contributed by atoms with Crippen LogP contribution in [0.5, 0.6) is 11.5 Å². The van der Waals surface area contributed by atoms with Crippen molar-refractivity contribution in [3.63, 3.8) is 0 Å². The molecule has 0 aliphatic heterocycles. The van der Waals surface area contributed by atoms with Crippen molar-refractivity contribution >= 4 is 5.71 Å². The highest BCUT2D eigenvalue weighted by Gasteiger charge is 2.08. The van der Waals surface area contributed by atoms with Crippen molar-refractivity contribution in [2.24, 2.45) is 5.16 Å². The fourth-order valence-corrected chi connectivity index (χ4v) is 3.25. The van der Waals surface area contributed by atoms with Crippen LogP contribution in [-0.2, 0) is 11.3 Å². The van der Waals surface area contributed by atoms with Crippen LogP contribution in [0.1, 0.15) is 48.9 Å². The van der Waals surface area contributed by atoms with Gasteiger partial charge in [-0.15, -0.1) is 0 Å².